The van der Waals surface area contributed by atoms with Crippen molar-refractivity contribution in [3.8, 4) is 0 Å². The number of carbonyl (C=O) groups excluding carboxylic acids is 3. The van der Waals surface area contributed by atoms with Crippen LogP contribution < -0.4 is 5.32 Å². The fourth-order valence-electron chi connectivity index (χ4n) is 3.19. The number of pyridine rings is 1. The summed E-state index contributed by atoms with van der Waals surface area (Å²) in [5, 5.41) is 2.82. The van der Waals surface area contributed by atoms with E-state index >= 15 is 0 Å². The van der Waals surface area contributed by atoms with Crippen LogP contribution in [0.25, 0.3) is 5.65 Å². The highest BCUT2D eigenvalue weighted by Crippen LogP contribution is 2.22. The van der Waals surface area contributed by atoms with Crippen molar-refractivity contribution in [3.05, 3.63) is 71.7 Å². The van der Waals surface area contributed by atoms with Crippen LogP contribution in [0.15, 0.2) is 54.9 Å². The predicted octanol–water partition coefficient (Wildman–Crippen LogP) is 2.03. The maximum absolute atomic E-state index is 12.3. The molecule has 0 unspecified atom stereocenters. The molecule has 7 heteroatoms. The first kappa shape index (κ1) is 17.0. The quantitative estimate of drug-likeness (QED) is 0.680. The summed E-state index contributed by atoms with van der Waals surface area (Å²) in [7, 11) is 0. The van der Waals surface area contributed by atoms with Gasteiger partial charge in [0.15, 0.2) is 0 Å². The van der Waals surface area contributed by atoms with Crippen LogP contribution in [0.2, 0.25) is 0 Å². The minimum absolute atomic E-state index is 0.135. The fraction of sp³-hybridized carbons (Fsp3) is 0.200. The number of benzene rings is 1. The van der Waals surface area contributed by atoms with Gasteiger partial charge in [-0.2, -0.15) is 0 Å². The van der Waals surface area contributed by atoms with Gasteiger partial charge in [0.05, 0.1) is 23.4 Å². The van der Waals surface area contributed by atoms with Crippen molar-refractivity contribution in [1.29, 1.82) is 0 Å². The molecule has 136 valence electrons. The van der Waals surface area contributed by atoms with Crippen molar-refractivity contribution in [2.45, 2.75) is 19.4 Å². The Morgan fingerprint density at radius 1 is 1.00 bits per heavy atom. The average molecular weight is 362 g/mol. The lowest BCUT2D eigenvalue weighted by Gasteiger charge is -2.13. The van der Waals surface area contributed by atoms with Gasteiger partial charge in [-0.05, 0) is 30.7 Å². The van der Waals surface area contributed by atoms with Crippen LogP contribution in [-0.4, -0.2) is 38.6 Å². The Labute approximate surface area is 155 Å². The van der Waals surface area contributed by atoms with Crippen LogP contribution in [0.5, 0.6) is 0 Å². The van der Waals surface area contributed by atoms with Crippen LogP contribution in [-0.2, 0) is 11.3 Å². The molecule has 0 radical (unpaired) electrons. The number of imide groups is 1. The molecule has 0 fully saturated rings. The van der Waals surface area contributed by atoms with Crippen molar-refractivity contribution in [2.24, 2.45) is 0 Å². The summed E-state index contributed by atoms with van der Waals surface area (Å²) < 4.78 is 1.89. The number of imidazole rings is 1. The first-order valence-corrected chi connectivity index (χ1v) is 8.78. The lowest BCUT2D eigenvalue weighted by Crippen LogP contribution is -2.32. The Balaban J connectivity index is 1.26. The molecule has 0 saturated heterocycles. The highest BCUT2D eigenvalue weighted by molar-refractivity contribution is 6.21. The molecule has 1 aliphatic heterocycles. The third-order valence-corrected chi connectivity index (χ3v) is 4.54. The van der Waals surface area contributed by atoms with Gasteiger partial charge >= 0.3 is 0 Å². The summed E-state index contributed by atoms with van der Waals surface area (Å²) in [6, 6.07) is 12.5. The van der Waals surface area contributed by atoms with Gasteiger partial charge in [-0.15, -0.1) is 0 Å². The second kappa shape index (κ2) is 7.03. The number of nitrogens with one attached hydrogen (secondary N) is 1. The summed E-state index contributed by atoms with van der Waals surface area (Å²) in [6.45, 7) is 0.571. The molecule has 1 N–H and O–H groups in total. The summed E-state index contributed by atoms with van der Waals surface area (Å²) >= 11 is 0. The highest BCUT2D eigenvalue weighted by Gasteiger charge is 2.34. The van der Waals surface area contributed by atoms with Crippen LogP contribution in [0.1, 0.15) is 39.3 Å². The van der Waals surface area contributed by atoms with Crippen molar-refractivity contribution >= 4 is 23.4 Å². The topological polar surface area (TPSA) is 83.8 Å². The molecular formula is C20H18N4O3. The van der Waals surface area contributed by atoms with Gasteiger partial charge in [0.25, 0.3) is 11.8 Å². The molecule has 27 heavy (non-hydrogen) atoms. The van der Waals surface area contributed by atoms with E-state index in [0.29, 0.717) is 24.1 Å². The maximum atomic E-state index is 12.3. The number of fused-ring (bicyclic) bond motifs is 2. The Bertz CT molecular complexity index is 972. The molecule has 0 saturated carbocycles. The SMILES string of the molecule is O=C(CCCN1C(=O)c2ccccc2C1=O)NCc1cn2ccccc2n1. The summed E-state index contributed by atoms with van der Waals surface area (Å²) in [5.41, 5.74) is 2.46. The molecule has 4 rings (SSSR count). The Hall–Kier alpha value is -3.48. The third kappa shape index (κ3) is 3.31. The number of nitrogens with zero attached hydrogens (tertiary/aromatic N) is 3. The molecule has 7 nitrogen and oxygen atoms in total. The van der Waals surface area contributed by atoms with Crippen molar-refractivity contribution in [2.75, 3.05) is 6.54 Å². The molecule has 0 spiro atoms. The monoisotopic (exact) mass is 362 g/mol. The Morgan fingerprint density at radius 3 is 2.41 bits per heavy atom. The van der Waals surface area contributed by atoms with Crippen molar-refractivity contribution in [3.63, 3.8) is 0 Å². The smallest absolute Gasteiger partial charge is 0.261 e. The average Bonchev–Trinajstić information content (AvgIpc) is 3.21. The number of rotatable bonds is 6. The number of amides is 3. The molecule has 1 aliphatic rings. The first-order valence-electron chi connectivity index (χ1n) is 8.78. The molecular weight excluding hydrogens is 344 g/mol. The van der Waals surface area contributed by atoms with E-state index in [1.165, 1.54) is 4.90 Å². The van der Waals surface area contributed by atoms with Crippen LogP contribution >= 0.6 is 0 Å². The van der Waals surface area contributed by atoms with Crippen LogP contribution in [0.3, 0.4) is 0 Å². The van der Waals surface area contributed by atoms with E-state index in [2.05, 4.69) is 10.3 Å². The standard InChI is InChI=1S/C20H18N4O3/c25-18(21-12-14-13-23-10-4-3-8-17(23)22-14)9-5-11-24-19(26)15-6-1-2-7-16(15)20(24)27/h1-4,6-8,10,13H,5,9,11-12H2,(H,21,25). The summed E-state index contributed by atoms with van der Waals surface area (Å²) in [6.07, 6.45) is 4.42. The molecule has 0 aliphatic carbocycles. The normalized spacial score (nSPS) is 13.3. The maximum Gasteiger partial charge on any atom is 0.261 e. The minimum atomic E-state index is -0.291. The van der Waals surface area contributed by atoms with Gasteiger partial charge in [-0.25, -0.2) is 4.98 Å². The predicted molar refractivity (Wildman–Crippen MR) is 98.1 cm³/mol. The minimum Gasteiger partial charge on any atom is -0.350 e. The lowest BCUT2D eigenvalue weighted by atomic mass is 10.1. The van der Waals surface area contributed by atoms with E-state index in [1.54, 1.807) is 24.3 Å². The van der Waals surface area contributed by atoms with E-state index in [0.717, 1.165) is 11.3 Å². The third-order valence-electron chi connectivity index (χ3n) is 4.54. The molecule has 0 atom stereocenters. The Morgan fingerprint density at radius 2 is 1.70 bits per heavy atom. The van der Waals surface area contributed by atoms with Gasteiger partial charge in [0, 0.05) is 25.4 Å². The molecule has 3 aromatic rings. The fourth-order valence-corrected chi connectivity index (χ4v) is 3.19. The lowest BCUT2D eigenvalue weighted by molar-refractivity contribution is -0.121. The molecule has 3 amide bonds. The van der Waals surface area contributed by atoms with Crippen LogP contribution in [0, 0.1) is 0 Å². The first-order chi connectivity index (χ1) is 13.1. The van der Waals surface area contributed by atoms with E-state index < -0.39 is 0 Å². The molecule has 2 aromatic heterocycles. The van der Waals surface area contributed by atoms with Crippen molar-refractivity contribution < 1.29 is 14.4 Å². The van der Waals surface area contributed by atoms with Gasteiger partial charge in [-0.1, -0.05) is 18.2 Å². The highest BCUT2D eigenvalue weighted by atomic mass is 16.2. The zero-order chi connectivity index (χ0) is 18.8. The number of carbonyl (C=O) groups is 3. The van der Waals surface area contributed by atoms with E-state index in [1.807, 2.05) is 35.0 Å². The van der Waals surface area contributed by atoms with Gasteiger partial charge in [0.1, 0.15) is 5.65 Å². The second-order valence-corrected chi connectivity index (χ2v) is 6.39. The number of hydrogen-bond acceptors (Lipinski definition) is 4. The number of aromatic nitrogens is 2. The molecule has 0 bridgehead atoms. The zero-order valence-electron chi connectivity index (χ0n) is 14.6. The van der Waals surface area contributed by atoms with Gasteiger partial charge in [-0.3, -0.25) is 19.3 Å². The number of hydrogen-bond donors (Lipinski definition) is 1. The zero-order valence-corrected chi connectivity index (χ0v) is 14.6. The van der Waals surface area contributed by atoms with Crippen LogP contribution in [0.4, 0.5) is 0 Å². The van der Waals surface area contributed by atoms with E-state index in [9.17, 15) is 14.4 Å². The second-order valence-electron chi connectivity index (χ2n) is 6.39. The van der Waals surface area contributed by atoms with Gasteiger partial charge in [0.2, 0.25) is 5.91 Å². The van der Waals surface area contributed by atoms with E-state index in [4.69, 9.17) is 0 Å². The van der Waals surface area contributed by atoms with E-state index in [-0.39, 0.29) is 30.7 Å². The summed E-state index contributed by atoms with van der Waals surface area (Å²) in [4.78, 5) is 42.2. The molecule has 3 heterocycles. The van der Waals surface area contributed by atoms with Gasteiger partial charge < -0.3 is 9.72 Å². The van der Waals surface area contributed by atoms with Crippen molar-refractivity contribution in [1.82, 2.24) is 19.6 Å². The largest absolute Gasteiger partial charge is 0.350 e. The summed E-state index contributed by atoms with van der Waals surface area (Å²) in [5.74, 6) is -0.718. The molecule has 1 aromatic carbocycles. The Kier molecular flexibility index (Phi) is 4.42.